The summed E-state index contributed by atoms with van der Waals surface area (Å²) < 4.78 is 34.9. The Kier molecular flexibility index (Phi) is 9.73. The second-order valence-electron chi connectivity index (χ2n) is 6.58. The molecule has 6 nitrogen and oxygen atoms in total. The zero-order chi connectivity index (χ0) is 20.4. The lowest BCUT2D eigenvalue weighted by atomic mass is 10.1. The van der Waals surface area contributed by atoms with Gasteiger partial charge in [-0.1, -0.05) is 11.6 Å². The normalized spacial score (nSPS) is 16.4. The summed E-state index contributed by atoms with van der Waals surface area (Å²) in [6.45, 7) is 3.67. The van der Waals surface area contributed by atoms with Crippen molar-refractivity contribution in [3.05, 3.63) is 28.8 Å². The van der Waals surface area contributed by atoms with E-state index in [2.05, 4.69) is 25.3 Å². The highest BCUT2D eigenvalue weighted by atomic mass is 35.5. The summed E-state index contributed by atoms with van der Waals surface area (Å²) in [5.74, 6) is 0.742. The molecule has 0 spiro atoms. The molecule has 0 unspecified atom stereocenters. The summed E-state index contributed by atoms with van der Waals surface area (Å²) in [4.78, 5) is 6.91. The second kappa shape index (κ2) is 12.0. The SMILES string of the molecule is CCNC(=NCc1cc(Cl)ccc1OC(F)F)NC1CCN(CCOC)CC1. The fourth-order valence-electron chi connectivity index (χ4n) is 3.08. The largest absolute Gasteiger partial charge is 0.434 e. The third-order valence-corrected chi connectivity index (χ3v) is 4.77. The predicted molar refractivity (Wildman–Crippen MR) is 107 cm³/mol. The number of nitrogens with one attached hydrogen (secondary N) is 2. The molecule has 1 aromatic carbocycles. The summed E-state index contributed by atoms with van der Waals surface area (Å²) >= 11 is 6.00. The van der Waals surface area contributed by atoms with Crippen molar-refractivity contribution < 1.29 is 18.3 Å². The molecule has 2 rings (SSSR count). The number of hydrogen-bond acceptors (Lipinski definition) is 4. The third kappa shape index (κ3) is 7.77. The second-order valence-corrected chi connectivity index (χ2v) is 7.02. The van der Waals surface area contributed by atoms with Crippen LogP contribution in [0.25, 0.3) is 0 Å². The van der Waals surface area contributed by atoms with E-state index in [4.69, 9.17) is 16.3 Å². The Balaban J connectivity index is 1.97. The Morgan fingerprint density at radius 2 is 2.11 bits per heavy atom. The van der Waals surface area contributed by atoms with Gasteiger partial charge in [0.15, 0.2) is 5.96 Å². The number of methoxy groups -OCH3 is 1. The lowest BCUT2D eigenvalue weighted by molar-refractivity contribution is -0.0504. The Bertz CT molecular complexity index is 626. The Morgan fingerprint density at radius 3 is 2.75 bits per heavy atom. The molecule has 0 aromatic heterocycles. The van der Waals surface area contributed by atoms with Gasteiger partial charge in [-0.2, -0.15) is 8.78 Å². The van der Waals surface area contributed by atoms with Crippen LogP contribution in [0.3, 0.4) is 0 Å². The van der Waals surface area contributed by atoms with Gasteiger partial charge in [0.05, 0.1) is 13.2 Å². The van der Waals surface area contributed by atoms with Crippen LogP contribution in [0.15, 0.2) is 23.2 Å². The van der Waals surface area contributed by atoms with Crippen LogP contribution in [0.2, 0.25) is 5.02 Å². The molecule has 0 saturated carbocycles. The molecule has 1 heterocycles. The molecule has 2 N–H and O–H groups in total. The number of ether oxygens (including phenoxy) is 2. The molecule has 1 aliphatic heterocycles. The van der Waals surface area contributed by atoms with Crippen LogP contribution < -0.4 is 15.4 Å². The fourth-order valence-corrected chi connectivity index (χ4v) is 3.28. The zero-order valence-corrected chi connectivity index (χ0v) is 17.1. The molecule has 0 atom stereocenters. The molecular weight excluding hydrogens is 390 g/mol. The maximum absolute atomic E-state index is 12.6. The van der Waals surface area contributed by atoms with Gasteiger partial charge in [-0.25, -0.2) is 4.99 Å². The van der Waals surface area contributed by atoms with Crippen molar-refractivity contribution in [2.75, 3.05) is 39.9 Å². The number of piperidine rings is 1. The van der Waals surface area contributed by atoms with Gasteiger partial charge in [-0.05, 0) is 38.0 Å². The van der Waals surface area contributed by atoms with Crippen LogP contribution in [0.4, 0.5) is 8.78 Å². The van der Waals surface area contributed by atoms with E-state index in [1.807, 2.05) is 6.92 Å². The van der Waals surface area contributed by atoms with E-state index in [0.717, 1.165) is 39.1 Å². The Labute approximate surface area is 170 Å². The number of rotatable bonds is 9. The maximum Gasteiger partial charge on any atom is 0.387 e. The first kappa shape index (κ1) is 22.6. The molecule has 1 fully saturated rings. The third-order valence-electron chi connectivity index (χ3n) is 4.53. The lowest BCUT2D eigenvalue weighted by Gasteiger charge is -2.32. The van der Waals surface area contributed by atoms with Crippen molar-refractivity contribution >= 4 is 17.6 Å². The molecule has 1 aliphatic rings. The number of nitrogens with zero attached hydrogens (tertiary/aromatic N) is 2. The monoisotopic (exact) mass is 418 g/mol. The first-order valence-electron chi connectivity index (χ1n) is 9.51. The highest BCUT2D eigenvalue weighted by Crippen LogP contribution is 2.25. The summed E-state index contributed by atoms with van der Waals surface area (Å²) in [5.41, 5.74) is 0.513. The van der Waals surface area contributed by atoms with E-state index < -0.39 is 6.61 Å². The van der Waals surface area contributed by atoms with Gasteiger partial charge in [-0.15, -0.1) is 0 Å². The molecule has 0 aliphatic carbocycles. The van der Waals surface area contributed by atoms with Crippen LogP contribution in [0.1, 0.15) is 25.3 Å². The van der Waals surface area contributed by atoms with E-state index in [1.54, 1.807) is 13.2 Å². The molecule has 0 radical (unpaired) electrons. The number of halogens is 3. The van der Waals surface area contributed by atoms with Crippen LogP contribution in [0.5, 0.6) is 5.75 Å². The number of benzene rings is 1. The van der Waals surface area contributed by atoms with Gasteiger partial charge in [0.25, 0.3) is 0 Å². The van der Waals surface area contributed by atoms with Crippen LogP contribution in [0, 0.1) is 0 Å². The number of alkyl halides is 2. The molecule has 0 bridgehead atoms. The molecule has 0 amide bonds. The smallest absolute Gasteiger partial charge is 0.387 e. The quantitative estimate of drug-likeness (QED) is 0.476. The van der Waals surface area contributed by atoms with Gasteiger partial charge in [-0.3, -0.25) is 0 Å². The number of hydrogen-bond donors (Lipinski definition) is 2. The minimum Gasteiger partial charge on any atom is -0.434 e. The summed E-state index contributed by atoms with van der Waals surface area (Å²) in [6, 6.07) is 4.87. The van der Waals surface area contributed by atoms with Crippen LogP contribution >= 0.6 is 11.6 Å². The molecule has 158 valence electrons. The van der Waals surface area contributed by atoms with E-state index >= 15 is 0 Å². The van der Waals surface area contributed by atoms with Crippen LogP contribution in [-0.2, 0) is 11.3 Å². The topological polar surface area (TPSA) is 58.1 Å². The van der Waals surface area contributed by atoms with Crippen molar-refractivity contribution in [3.8, 4) is 5.75 Å². The van der Waals surface area contributed by atoms with Crippen molar-refractivity contribution in [1.29, 1.82) is 0 Å². The molecular formula is C19H29ClF2N4O2. The van der Waals surface area contributed by atoms with Gasteiger partial charge < -0.3 is 25.0 Å². The van der Waals surface area contributed by atoms with E-state index in [0.29, 0.717) is 29.1 Å². The zero-order valence-electron chi connectivity index (χ0n) is 16.4. The van der Waals surface area contributed by atoms with Crippen LogP contribution in [-0.4, -0.2) is 63.4 Å². The Hall–Kier alpha value is -1.64. The van der Waals surface area contributed by atoms with E-state index in [1.165, 1.54) is 12.1 Å². The summed E-state index contributed by atoms with van der Waals surface area (Å²) in [7, 11) is 1.71. The molecule has 1 saturated heterocycles. The molecule has 28 heavy (non-hydrogen) atoms. The minimum atomic E-state index is -2.89. The van der Waals surface area contributed by atoms with Gasteiger partial charge in [0, 0.05) is 49.9 Å². The summed E-state index contributed by atoms with van der Waals surface area (Å²) in [5, 5.41) is 7.09. The lowest BCUT2D eigenvalue weighted by Crippen LogP contribution is -2.49. The van der Waals surface area contributed by atoms with E-state index in [-0.39, 0.29) is 12.3 Å². The van der Waals surface area contributed by atoms with Gasteiger partial charge in [0.2, 0.25) is 0 Å². The minimum absolute atomic E-state index is 0.0884. The average molecular weight is 419 g/mol. The fraction of sp³-hybridized carbons (Fsp3) is 0.632. The van der Waals surface area contributed by atoms with Crippen molar-refractivity contribution in [3.63, 3.8) is 0 Å². The number of aliphatic imine (C=N–C) groups is 1. The van der Waals surface area contributed by atoms with Gasteiger partial charge in [0.1, 0.15) is 5.75 Å². The van der Waals surface area contributed by atoms with Gasteiger partial charge >= 0.3 is 6.61 Å². The first-order valence-corrected chi connectivity index (χ1v) is 9.89. The van der Waals surface area contributed by atoms with Crippen molar-refractivity contribution in [1.82, 2.24) is 15.5 Å². The average Bonchev–Trinajstić information content (AvgIpc) is 2.67. The highest BCUT2D eigenvalue weighted by Gasteiger charge is 2.19. The maximum atomic E-state index is 12.6. The highest BCUT2D eigenvalue weighted by molar-refractivity contribution is 6.30. The van der Waals surface area contributed by atoms with Crippen molar-refractivity contribution in [2.45, 2.75) is 39.0 Å². The number of guanidine groups is 1. The number of likely N-dealkylation sites (tertiary alicyclic amines) is 1. The van der Waals surface area contributed by atoms with Crippen molar-refractivity contribution in [2.24, 2.45) is 4.99 Å². The standard InChI is InChI=1S/C19H29ClF2N4O2/c1-3-23-19(25-16-6-8-26(9-7-16)10-11-27-2)24-13-14-12-15(20)4-5-17(14)28-18(21)22/h4-5,12,16,18H,3,6-11,13H2,1-2H3,(H2,23,24,25). The molecule has 9 heteroatoms. The van der Waals surface area contributed by atoms with E-state index in [9.17, 15) is 8.78 Å². The summed E-state index contributed by atoms with van der Waals surface area (Å²) in [6.07, 6.45) is 2.01. The molecule has 1 aromatic rings. The predicted octanol–water partition coefficient (Wildman–Crippen LogP) is 3.11. The first-order chi connectivity index (χ1) is 13.5. The Morgan fingerprint density at radius 1 is 1.36 bits per heavy atom.